The molecule has 0 spiro atoms. The van der Waals surface area contributed by atoms with Gasteiger partial charge in [0.1, 0.15) is 0 Å². The van der Waals surface area contributed by atoms with Crippen LogP contribution in [0.4, 0.5) is 0 Å². The maximum Gasteiger partial charge on any atom is 0.0233 e. The molecule has 2 heteroatoms. The molecule has 0 amide bonds. The number of rotatable bonds is 4. The normalized spacial score (nSPS) is 21.6. The standard InChI is InChI=1S/C17H28N2/c1-14(2)17-4-3-10-19(11-9-17)13-16-7-5-15(12-18)6-8-16/h5-8,14,17H,3-4,9-13,18H2,1-2H3. The van der Waals surface area contributed by atoms with E-state index in [0.717, 1.165) is 18.4 Å². The minimum Gasteiger partial charge on any atom is -0.326 e. The highest BCUT2D eigenvalue weighted by atomic mass is 15.1. The summed E-state index contributed by atoms with van der Waals surface area (Å²) in [5.74, 6) is 1.76. The highest BCUT2D eigenvalue weighted by molar-refractivity contribution is 5.22. The Balaban J connectivity index is 1.88. The molecule has 1 fully saturated rings. The molecule has 1 heterocycles. The Hall–Kier alpha value is -0.860. The maximum absolute atomic E-state index is 5.64. The summed E-state index contributed by atoms with van der Waals surface area (Å²) in [4.78, 5) is 2.61. The summed E-state index contributed by atoms with van der Waals surface area (Å²) in [6, 6.07) is 8.77. The van der Waals surface area contributed by atoms with Crippen molar-refractivity contribution < 1.29 is 0 Å². The predicted octanol–water partition coefficient (Wildman–Crippen LogP) is 3.40. The summed E-state index contributed by atoms with van der Waals surface area (Å²) < 4.78 is 0. The molecule has 1 aliphatic heterocycles. The van der Waals surface area contributed by atoms with Gasteiger partial charge in [0.15, 0.2) is 0 Å². The molecule has 2 nitrogen and oxygen atoms in total. The highest BCUT2D eigenvalue weighted by Gasteiger charge is 2.19. The maximum atomic E-state index is 5.64. The summed E-state index contributed by atoms with van der Waals surface area (Å²) in [6.07, 6.45) is 4.11. The van der Waals surface area contributed by atoms with Gasteiger partial charge in [-0.25, -0.2) is 0 Å². The van der Waals surface area contributed by atoms with Gasteiger partial charge in [0.05, 0.1) is 0 Å². The second kappa shape index (κ2) is 7.06. The molecule has 106 valence electrons. The van der Waals surface area contributed by atoms with E-state index in [4.69, 9.17) is 5.73 Å². The van der Waals surface area contributed by atoms with Crippen molar-refractivity contribution in [2.45, 2.75) is 46.2 Å². The average molecular weight is 260 g/mol. The molecule has 0 saturated carbocycles. The van der Waals surface area contributed by atoms with Gasteiger partial charge in [-0.05, 0) is 55.3 Å². The number of hydrogen-bond acceptors (Lipinski definition) is 2. The fourth-order valence-corrected chi connectivity index (χ4v) is 3.05. The predicted molar refractivity (Wildman–Crippen MR) is 81.8 cm³/mol. The van der Waals surface area contributed by atoms with E-state index in [0.29, 0.717) is 6.54 Å². The molecule has 2 N–H and O–H groups in total. The number of nitrogens with zero attached hydrogens (tertiary/aromatic N) is 1. The van der Waals surface area contributed by atoms with Crippen molar-refractivity contribution >= 4 is 0 Å². The third-order valence-corrected chi connectivity index (χ3v) is 4.47. The molecular weight excluding hydrogens is 232 g/mol. The summed E-state index contributed by atoms with van der Waals surface area (Å²) >= 11 is 0. The third-order valence-electron chi connectivity index (χ3n) is 4.47. The van der Waals surface area contributed by atoms with E-state index in [9.17, 15) is 0 Å². The lowest BCUT2D eigenvalue weighted by molar-refractivity contribution is 0.265. The van der Waals surface area contributed by atoms with Gasteiger partial charge in [-0.2, -0.15) is 0 Å². The van der Waals surface area contributed by atoms with Gasteiger partial charge in [-0.1, -0.05) is 38.1 Å². The zero-order valence-electron chi connectivity index (χ0n) is 12.4. The first kappa shape index (κ1) is 14.5. The zero-order valence-corrected chi connectivity index (χ0v) is 12.4. The van der Waals surface area contributed by atoms with Gasteiger partial charge in [-0.3, -0.25) is 4.90 Å². The fourth-order valence-electron chi connectivity index (χ4n) is 3.05. The minimum absolute atomic E-state index is 0.639. The van der Waals surface area contributed by atoms with E-state index in [1.54, 1.807) is 0 Å². The SMILES string of the molecule is CC(C)C1CCCN(Cc2ccc(CN)cc2)CC1. The van der Waals surface area contributed by atoms with Crippen LogP contribution >= 0.6 is 0 Å². The average Bonchev–Trinajstić information content (AvgIpc) is 2.65. The Kier molecular flexibility index (Phi) is 5.41. The van der Waals surface area contributed by atoms with Gasteiger partial charge in [-0.15, -0.1) is 0 Å². The molecule has 1 aliphatic rings. The Morgan fingerprint density at radius 3 is 2.42 bits per heavy atom. The Morgan fingerprint density at radius 1 is 1.11 bits per heavy atom. The third kappa shape index (κ3) is 4.32. The van der Waals surface area contributed by atoms with E-state index in [1.807, 2.05) is 0 Å². The molecular formula is C17H28N2. The van der Waals surface area contributed by atoms with Gasteiger partial charge in [0.25, 0.3) is 0 Å². The van der Waals surface area contributed by atoms with Crippen molar-refractivity contribution in [2.75, 3.05) is 13.1 Å². The van der Waals surface area contributed by atoms with Gasteiger partial charge in [0.2, 0.25) is 0 Å². The van der Waals surface area contributed by atoms with Crippen LogP contribution in [0.1, 0.15) is 44.2 Å². The van der Waals surface area contributed by atoms with Crippen LogP contribution in [0.15, 0.2) is 24.3 Å². The van der Waals surface area contributed by atoms with E-state index in [1.165, 1.54) is 43.5 Å². The minimum atomic E-state index is 0.639. The van der Waals surface area contributed by atoms with Crippen LogP contribution in [0, 0.1) is 11.8 Å². The lowest BCUT2D eigenvalue weighted by atomic mass is 9.89. The summed E-state index contributed by atoms with van der Waals surface area (Å²) in [5.41, 5.74) is 8.28. The first-order chi connectivity index (χ1) is 9.19. The van der Waals surface area contributed by atoms with Gasteiger partial charge in [0, 0.05) is 13.1 Å². The quantitative estimate of drug-likeness (QED) is 0.899. The Bertz CT molecular complexity index is 369. The van der Waals surface area contributed by atoms with Crippen molar-refractivity contribution in [1.29, 1.82) is 0 Å². The van der Waals surface area contributed by atoms with Crippen molar-refractivity contribution in [2.24, 2.45) is 17.6 Å². The second-order valence-electron chi connectivity index (χ2n) is 6.23. The lowest BCUT2D eigenvalue weighted by Gasteiger charge is -2.21. The van der Waals surface area contributed by atoms with Crippen LogP contribution < -0.4 is 5.73 Å². The number of benzene rings is 1. The van der Waals surface area contributed by atoms with E-state index < -0.39 is 0 Å². The molecule has 1 unspecified atom stereocenters. The zero-order chi connectivity index (χ0) is 13.7. The molecule has 0 aliphatic carbocycles. The number of nitrogens with two attached hydrogens (primary N) is 1. The summed E-state index contributed by atoms with van der Waals surface area (Å²) in [7, 11) is 0. The van der Waals surface area contributed by atoms with Gasteiger partial charge < -0.3 is 5.73 Å². The van der Waals surface area contributed by atoms with Gasteiger partial charge >= 0.3 is 0 Å². The Labute approximate surface area is 118 Å². The monoisotopic (exact) mass is 260 g/mol. The van der Waals surface area contributed by atoms with Crippen molar-refractivity contribution in [3.05, 3.63) is 35.4 Å². The summed E-state index contributed by atoms with van der Waals surface area (Å²) in [5, 5.41) is 0. The molecule has 1 saturated heterocycles. The highest BCUT2D eigenvalue weighted by Crippen LogP contribution is 2.25. The fraction of sp³-hybridized carbons (Fsp3) is 0.647. The van der Waals surface area contributed by atoms with Crippen LogP contribution in [0.3, 0.4) is 0 Å². The molecule has 1 aromatic carbocycles. The second-order valence-corrected chi connectivity index (χ2v) is 6.23. The van der Waals surface area contributed by atoms with Crippen LogP contribution in [0.5, 0.6) is 0 Å². The lowest BCUT2D eigenvalue weighted by Crippen LogP contribution is -2.24. The smallest absolute Gasteiger partial charge is 0.0233 e. The van der Waals surface area contributed by atoms with E-state index in [2.05, 4.69) is 43.0 Å². The summed E-state index contributed by atoms with van der Waals surface area (Å²) in [6.45, 7) is 8.97. The molecule has 19 heavy (non-hydrogen) atoms. The van der Waals surface area contributed by atoms with Crippen LogP contribution in [0.25, 0.3) is 0 Å². The molecule has 1 aromatic rings. The first-order valence-electron chi connectivity index (χ1n) is 7.69. The molecule has 0 aromatic heterocycles. The molecule has 0 radical (unpaired) electrons. The van der Waals surface area contributed by atoms with E-state index >= 15 is 0 Å². The van der Waals surface area contributed by atoms with Crippen molar-refractivity contribution in [3.63, 3.8) is 0 Å². The molecule has 0 bridgehead atoms. The molecule has 1 atom stereocenters. The topological polar surface area (TPSA) is 29.3 Å². The van der Waals surface area contributed by atoms with Crippen molar-refractivity contribution in [1.82, 2.24) is 4.90 Å². The molecule has 2 rings (SSSR count). The number of hydrogen-bond donors (Lipinski definition) is 1. The number of likely N-dealkylation sites (tertiary alicyclic amines) is 1. The Morgan fingerprint density at radius 2 is 1.79 bits per heavy atom. The van der Waals surface area contributed by atoms with Crippen molar-refractivity contribution in [3.8, 4) is 0 Å². The van der Waals surface area contributed by atoms with E-state index in [-0.39, 0.29) is 0 Å². The van der Waals surface area contributed by atoms with Crippen LogP contribution in [0.2, 0.25) is 0 Å². The first-order valence-corrected chi connectivity index (χ1v) is 7.69. The van der Waals surface area contributed by atoms with Crippen LogP contribution in [-0.4, -0.2) is 18.0 Å². The van der Waals surface area contributed by atoms with Crippen LogP contribution in [-0.2, 0) is 13.1 Å². The largest absolute Gasteiger partial charge is 0.326 e.